The maximum absolute atomic E-state index is 13.2. The summed E-state index contributed by atoms with van der Waals surface area (Å²) in [7, 11) is -1.61. The van der Waals surface area contributed by atoms with Crippen molar-refractivity contribution in [3.63, 3.8) is 0 Å². The second-order valence-electron chi connectivity index (χ2n) is 8.33. The Hall–Kier alpha value is -4.03. The highest BCUT2D eigenvalue weighted by atomic mass is 31.2. The molecule has 0 spiro atoms. The van der Waals surface area contributed by atoms with Gasteiger partial charge in [-0.3, -0.25) is 18.8 Å². The van der Waals surface area contributed by atoms with Crippen LogP contribution in [0.4, 0.5) is 4.79 Å². The highest BCUT2D eigenvalue weighted by Crippen LogP contribution is 2.52. The van der Waals surface area contributed by atoms with E-state index in [2.05, 4.69) is 10.4 Å². The third kappa shape index (κ3) is 6.35. The third-order valence-corrected chi connectivity index (χ3v) is 7.87. The van der Waals surface area contributed by atoms with Gasteiger partial charge < -0.3 is 24.2 Å². The number of hydrogen-bond acceptors (Lipinski definition) is 9. The Morgan fingerprint density at radius 1 is 1.03 bits per heavy atom. The minimum absolute atomic E-state index is 0.169. The van der Waals surface area contributed by atoms with Crippen LogP contribution in [0, 0.1) is 0 Å². The number of aromatic nitrogens is 2. The van der Waals surface area contributed by atoms with Crippen LogP contribution in [0.2, 0.25) is 0 Å². The minimum atomic E-state index is -3.94. The predicted octanol–water partition coefficient (Wildman–Crippen LogP) is 3.63. The van der Waals surface area contributed by atoms with E-state index < -0.39 is 31.3 Å². The van der Waals surface area contributed by atoms with Gasteiger partial charge in [0.2, 0.25) is 5.85 Å². The molecule has 1 atom stereocenters. The molecule has 0 saturated heterocycles. The molecule has 0 fully saturated rings. The molecular weight excluding hydrogens is 531 g/mol. The van der Waals surface area contributed by atoms with Gasteiger partial charge in [-0.1, -0.05) is 24.3 Å². The lowest BCUT2D eigenvalue weighted by Gasteiger charge is -2.27. The fourth-order valence-corrected chi connectivity index (χ4v) is 4.94. The van der Waals surface area contributed by atoms with Crippen molar-refractivity contribution in [3.8, 4) is 16.9 Å². The van der Waals surface area contributed by atoms with Crippen LogP contribution in [0.1, 0.15) is 27.1 Å². The van der Waals surface area contributed by atoms with Crippen LogP contribution in [0.15, 0.2) is 60.9 Å². The number of rotatable bonds is 13. The summed E-state index contributed by atoms with van der Waals surface area (Å²) < 4.78 is 30.8. The van der Waals surface area contributed by atoms with Gasteiger partial charge in [-0.2, -0.15) is 5.10 Å². The summed E-state index contributed by atoms with van der Waals surface area (Å²) in [4.78, 5) is 41.6. The number of nitrogens with zero attached hydrogens (tertiary/aromatic N) is 3. The summed E-state index contributed by atoms with van der Waals surface area (Å²) in [6.45, 7) is 0.524. The van der Waals surface area contributed by atoms with Crippen LogP contribution in [-0.4, -0.2) is 71.1 Å². The molecule has 14 heteroatoms. The summed E-state index contributed by atoms with van der Waals surface area (Å²) in [5.41, 5.74) is 2.05. The van der Waals surface area contributed by atoms with E-state index in [1.54, 1.807) is 47.3 Å². The van der Waals surface area contributed by atoms with Gasteiger partial charge in [0, 0.05) is 39.1 Å². The molecule has 1 unspecified atom stereocenters. The number of benzene rings is 2. The number of fused-ring (bicyclic) bond motifs is 1. The van der Waals surface area contributed by atoms with E-state index in [0.717, 1.165) is 11.1 Å². The topological polar surface area (TPSA) is 159 Å². The normalized spacial score (nSPS) is 13.8. The molecule has 1 aromatic heterocycles. The number of aryl methyl sites for hydroxylation is 1. The largest absolute Gasteiger partial charge is 0.490 e. The minimum Gasteiger partial charge on any atom is -0.490 e. The van der Waals surface area contributed by atoms with Gasteiger partial charge in [0.05, 0.1) is 17.3 Å². The molecule has 4 rings (SSSR count). The van der Waals surface area contributed by atoms with Crippen LogP contribution >= 0.6 is 7.60 Å². The first-order valence-corrected chi connectivity index (χ1v) is 13.4. The van der Waals surface area contributed by atoms with E-state index in [-0.39, 0.29) is 17.7 Å². The van der Waals surface area contributed by atoms with Gasteiger partial charge in [-0.15, -0.1) is 5.06 Å². The number of hydrogen-bond donors (Lipinski definition) is 2. The Balaban J connectivity index is 1.40. The summed E-state index contributed by atoms with van der Waals surface area (Å²) in [6.07, 6.45) is 3.07. The average Bonchev–Trinajstić information content (AvgIpc) is 3.52. The van der Waals surface area contributed by atoms with Gasteiger partial charge in [-0.25, -0.2) is 9.63 Å². The fourth-order valence-electron chi connectivity index (χ4n) is 3.86. The number of carbonyl (C=O) groups excluding carboxylic acids is 2. The maximum atomic E-state index is 13.2. The summed E-state index contributed by atoms with van der Waals surface area (Å²) >= 11 is 0. The maximum Gasteiger partial charge on any atom is 0.404 e. The van der Waals surface area contributed by atoms with E-state index in [1.807, 2.05) is 6.20 Å². The highest BCUT2D eigenvalue weighted by molar-refractivity contribution is 7.54. The molecule has 0 saturated carbocycles. The Morgan fingerprint density at radius 3 is 2.26 bits per heavy atom. The summed E-state index contributed by atoms with van der Waals surface area (Å²) in [6, 6.07) is 13.2. The van der Waals surface area contributed by atoms with Crippen molar-refractivity contribution in [2.75, 3.05) is 27.4 Å². The van der Waals surface area contributed by atoms with E-state index in [9.17, 15) is 18.9 Å². The lowest BCUT2D eigenvalue weighted by Crippen LogP contribution is -2.37. The number of ether oxygens (including phenoxy) is 1. The lowest BCUT2D eigenvalue weighted by molar-refractivity contribution is -0.120. The first-order chi connectivity index (χ1) is 18.8. The molecule has 39 heavy (non-hydrogen) atoms. The van der Waals surface area contributed by atoms with Crippen LogP contribution in [-0.2, 0) is 25.0 Å². The van der Waals surface area contributed by atoms with E-state index in [0.29, 0.717) is 30.3 Å². The SMILES string of the molecule is COP(=O)(OC)C(COc1ccc(-c2cnn(CCCNC(=O)O)c2)cc1)ON1C(=O)c2ccccc2C1=O. The monoisotopic (exact) mass is 558 g/mol. The number of carbonyl (C=O) groups is 3. The molecule has 1 aliphatic rings. The molecule has 2 N–H and O–H groups in total. The number of amides is 3. The smallest absolute Gasteiger partial charge is 0.404 e. The van der Waals surface area contributed by atoms with E-state index >= 15 is 0 Å². The van der Waals surface area contributed by atoms with Crippen molar-refractivity contribution < 1.29 is 42.7 Å². The number of hydroxylamine groups is 2. The molecule has 0 aliphatic carbocycles. The van der Waals surface area contributed by atoms with E-state index in [4.69, 9.17) is 23.7 Å². The Labute approximate surface area is 223 Å². The Kier molecular flexibility index (Phi) is 8.77. The first-order valence-electron chi connectivity index (χ1n) is 11.8. The van der Waals surface area contributed by atoms with Crippen LogP contribution in [0.3, 0.4) is 0 Å². The zero-order valence-corrected chi connectivity index (χ0v) is 22.1. The van der Waals surface area contributed by atoms with Crippen LogP contribution in [0.5, 0.6) is 5.75 Å². The zero-order valence-electron chi connectivity index (χ0n) is 21.2. The molecule has 206 valence electrons. The molecular formula is C25H27N4O9P. The summed E-state index contributed by atoms with van der Waals surface area (Å²) in [5, 5.41) is 15.8. The molecule has 13 nitrogen and oxygen atoms in total. The molecule has 0 radical (unpaired) electrons. The van der Waals surface area contributed by atoms with Crippen molar-refractivity contribution in [1.82, 2.24) is 20.2 Å². The zero-order chi connectivity index (χ0) is 28.0. The average molecular weight is 558 g/mol. The molecule has 2 aromatic carbocycles. The number of carboxylic acid groups (broad SMARTS) is 1. The lowest BCUT2D eigenvalue weighted by atomic mass is 10.1. The van der Waals surface area contributed by atoms with Crippen LogP contribution in [0.25, 0.3) is 11.1 Å². The predicted molar refractivity (Wildman–Crippen MR) is 137 cm³/mol. The van der Waals surface area contributed by atoms with Crippen molar-refractivity contribution in [2.24, 2.45) is 0 Å². The Morgan fingerprint density at radius 2 is 1.67 bits per heavy atom. The van der Waals surface area contributed by atoms with Crippen LogP contribution < -0.4 is 10.1 Å². The van der Waals surface area contributed by atoms with E-state index in [1.165, 1.54) is 26.4 Å². The third-order valence-electron chi connectivity index (χ3n) is 5.90. The molecule has 3 amide bonds. The highest BCUT2D eigenvalue weighted by Gasteiger charge is 2.44. The fraction of sp³-hybridized carbons (Fsp3) is 0.280. The molecule has 2 heterocycles. The first kappa shape index (κ1) is 28.0. The standard InChI is InChI=1S/C25H27N4O9P/c1-35-39(34,36-2)22(38-29-23(30)20-6-3-4-7-21(20)24(29)31)16-37-19-10-8-17(9-11-19)18-14-27-28(15-18)13-5-12-26-25(32)33/h3-4,6-11,14-15,22,26H,5,12-13,16H2,1-2H3,(H,32,33). The second kappa shape index (κ2) is 12.2. The van der Waals surface area contributed by atoms with Gasteiger partial charge in [0.25, 0.3) is 11.8 Å². The van der Waals surface area contributed by atoms with Crippen molar-refractivity contribution in [1.29, 1.82) is 0 Å². The number of imide groups is 1. The van der Waals surface area contributed by atoms with Crippen molar-refractivity contribution in [2.45, 2.75) is 18.8 Å². The quantitative estimate of drug-likeness (QED) is 0.180. The van der Waals surface area contributed by atoms with Gasteiger partial charge >= 0.3 is 13.7 Å². The molecule has 3 aromatic rings. The van der Waals surface area contributed by atoms with Gasteiger partial charge in [0.15, 0.2) is 0 Å². The summed E-state index contributed by atoms with van der Waals surface area (Å²) in [5.74, 6) is -2.41. The van der Waals surface area contributed by atoms with Crippen molar-refractivity contribution in [3.05, 3.63) is 72.1 Å². The van der Waals surface area contributed by atoms with Gasteiger partial charge in [0.1, 0.15) is 12.4 Å². The molecule has 1 aliphatic heterocycles. The number of nitrogens with one attached hydrogen (secondary N) is 1. The second-order valence-corrected chi connectivity index (χ2v) is 10.7. The van der Waals surface area contributed by atoms with Gasteiger partial charge in [-0.05, 0) is 36.2 Å². The molecule has 0 bridgehead atoms. The van der Waals surface area contributed by atoms with Crippen molar-refractivity contribution >= 4 is 25.5 Å². The Bertz CT molecular complexity index is 1350.